The van der Waals surface area contributed by atoms with Crippen LogP contribution in [0.2, 0.25) is 0 Å². The Bertz CT molecular complexity index is 1140. The topological polar surface area (TPSA) is 60.7 Å². The quantitative estimate of drug-likeness (QED) is 0.340. The van der Waals surface area contributed by atoms with Crippen molar-refractivity contribution in [2.75, 3.05) is 5.75 Å². The summed E-state index contributed by atoms with van der Waals surface area (Å²) in [5, 5.41) is 9.46. The number of carbonyl (C=O) groups excluding carboxylic acids is 1. The SMILES string of the molecule is Cc1ccc(C)c(C(=O)CSc2nnc(-c3ccncc3)n2-c2ccccc2)c1. The predicted molar refractivity (Wildman–Crippen MR) is 116 cm³/mol. The highest BCUT2D eigenvalue weighted by Crippen LogP contribution is 2.28. The maximum absolute atomic E-state index is 12.8. The number of hydrogen-bond donors (Lipinski definition) is 0. The van der Waals surface area contributed by atoms with Gasteiger partial charge < -0.3 is 0 Å². The molecule has 0 N–H and O–H groups in total. The lowest BCUT2D eigenvalue weighted by molar-refractivity contribution is 0.102. The van der Waals surface area contributed by atoms with Crippen LogP contribution < -0.4 is 0 Å². The van der Waals surface area contributed by atoms with E-state index in [-0.39, 0.29) is 5.78 Å². The molecule has 0 aliphatic rings. The Hall–Kier alpha value is -3.25. The van der Waals surface area contributed by atoms with Gasteiger partial charge in [0, 0.05) is 29.2 Å². The highest BCUT2D eigenvalue weighted by Gasteiger charge is 2.18. The van der Waals surface area contributed by atoms with Crippen molar-refractivity contribution in [1.82, 2.24) is 19.7 Å². The van der Waals surface area contributed by atoms with Crippen molar-refractivity contribution in [3.8, 4) is 17.1 Å². The Morgan fingerprint density at radius 2 is 1.72 bits per heavy atom. The van der Waals surface area contributed by atoms with Gasteiger partial charge in [-0.1, -0.05) is 47.7 Å². The van der Waals surface area contributed by atoms with Crippen molar-refractivity contribution < 1.29 is 4.79 Å². The van der Waals surface area contributed by atoms with Crippen molar-refractivity contribution in [3.63, 3.8) is 0 Å². The normalized spacial score (nSPS) is 10.8. The molecule has 0 atom stereocenters. The summed E-state index contributed by atoms with van der Waals surface area (Å²) >= 11 is 1.40. The lowest BCUT2D eigenvalue weighted by Gasteiger charge is -2.10. The number of nitrogens with zero attached hydrogens (tertiary/aromatic N) is 4. The third-order valence-electron chi connectivity index (χ3n) is 4.61. The van der Waals surface area contributed by atoms with Crippen LogP contribution in [-0.2, 0) is 0 Å². The molecule has 0 saturated heterocycles. The van der Waals surface area contributed by atoms with Crippen LogP contribution in [0.3, 0.4) is 0 Å². The first-order valence-corrected chi connectivity index (χ1v) is 10.3. The number of hydrogen-bond acceptors (Lipinski definition) is 5. The molecule has 4 aromatic rings. The number of aryl methyl sites for hydroxylation is 2. The molecule has 2 aromatic heterocycles. The molecular formula is C23H20N4OS. The molecule has 0 radical (unpaired) electrons. The lowest BCUT2D eigenvalue weighted by atomic mass is 10.0. The smallest absolute Gasteiger partial charge is 0.196 e. The van der Waals surface area contributed by atoms with Gasteiger partial charge >= 0.3 is 0 Å². The minimum Gasteiger partial charge on any atom is -0.293 e. The first-order valence-electron chi connectivity index (χ1n) is 9.28. The molecule has 144 valence electrons. The van der Waals surface area contributed by atoms with Crippen LogP contribution in [0, 0.1) is 13.8 Å². The largest absolute Gasteiger partial charge is 0.293 e. The molecule has 0 aliphatic heterocycles. The van der Waals surface area contributed by atoms with Gasteiger partial charge in [0.1, 0.15) is 0 Å². The third kappa shape index (κ3) is 4.12. The van der Waals surface area contributed by atoms with Gasteiger partial charge in [0.2, 0.25) is 0 Å². The zero-order valence-electron chi connectivity index (χ0n) is 16.2. The van der Waals surface area contributed by atoms with E-state index >= 15 is 0 Å². The number of thioether (sulfide) groups is 1. The van der Waals surface area contributed by atoms with E-state index in [2.05, 4.69) is 15.2 Å². The number of Topliss-reactive ketones (excluding diaryl/α,β-unsaturated/α-hetero) is 1. The number of aromatic nitrogens is 4. The molecule has 0 spiro atoms. The Kier molecular flexibility index (Phi) is 5.53. The van der Waals surface area contributed by atoms with Crippen LogP contribution in [0.25, 0.3) is 17.1 Å². The number of carbonyl (C=O) groups is 1. The summed E-state index contributed by atoms with van der Waals surface area (Å²) in [5.41, 5.74) is 4.70. The zero-order valence-corrected chi connectivity index (χ0v) is 17.1. The Morgan fingerprint density at radius 1 is 0.966 bits per heavy atom. The van der Waals surface area contributed by atoms with Gasteiger partial charge in [-0.2, -0.15) is 0 Å². The second-order valence-corrected chi connectivity index (χ2v) is 7.69. The average Bonchev–Trinajstić information content (AvgIpc) is 3.19. The van der Waals surface area contributed by atoms with Gasteiger partial charge in [-0.25, -0.2) is 0 Å². The average molecular weight is 401 g/mol. The maximum Gasteiger partial charge on any atom is 0.196 e. The second-order valence-electron chi connectivity index (χ2n) is 6.74. The van der Waals surface area contributed by atoms with Crippen molar-refractivity contribution in [2.45, 2.75) is 19.0 Å². The van der Waals surface area contributed by atoms with Gasteiger partial charge in [0.05, 0.1) is 5.75 Å². The van der Waals surface area contributed by atoms with Gasteiger partial charge in [-0.05, 0) is 49.7 Å². The number of rotatable bonds is 6. The van der Waals surface area contributed by atoms with E-state index in [1.165, 1.54) is 11.8 Å². The zero-order chi connectivity index (χ0) is 20.2. The molecule has 2 heterocycles. The fourth-order valence-electron chi connectivity index (χ4n) is 3.11. The molecule has 0 saturated carbocycles. The van der Waals surface area contributed by atoms with Crippen molar-refractivity contribution in [2.24, 2.45) is 0 Å². The highest BCUT2D eigenvalue weighted by molar-refractivity contribution is 7.99. The third-order valence-corrected chi connectivity index (χ3v) is 5.54. The number of ketones is 1. The van der Waals surface area contributed by atoms with E-state index in [9.17, 15) is 4.79 Å². The molecule has 29 heavy (non-hydrogen) atoms. The summed E-state index contributed by atoms with van der Waals surface area (Å²) in [5.74, 6) is 1.11. The minimum absolute atomic E-state index is 0.0873. The Labute approximate surface area is 173 Å². The standard InChI is InChI=1S/C23H20N4OS/c1-16-8-9-17(2)20(14-16)21(28)15-29-23-26-25-22(18-10-12-24-13-11-18)27(23)19-6-4-3-5-7-19/h3-14H,15H2,1-2H3. The van der Waals surface area contributed by atoms with Crippen LogP contribution in [0.5, 0.6) is 0 Å². The van der Waals surface area contributed by atoms with E-state index in [0.717, 1.165) is 33.8 Å². The first-order chi connectivity index (χ1) is 14.1. The van der Waals surface area contributed by atoms with Gasteiger partial charge in [-0.15, -0.1) is 10.2 Å². The van der Waals surface area contributed by atoms with Crippen molar-refractivity contribution in [1.29, 1.82) is 0 Å². The van der Waals surface area contributed by atoms with Crippen LogP contribution in [0.15, 0.2) is 78.2 Å². The van der Waals surface area contributed by atoms with Crippen LogP contribution in [0.4, 0.5) is 0 Å². The molecule has 0 aliphatic carbocycles. The highest BCUT2D eigenvalue weighted by atomic mass is 32.2. The summed E-state index contributed by atoms with van der Waals surface area (Å²) in [6.07, 6.45) is 3.46. The number of para-hydroxylation sites is 1. The molecule has 0 amide bonds. The lowest BCUT2D eigenvalue weighted by Crippen LogP contribution is -2.07. The van der Waals surface area contributed by atoms with E-state index in [1.54, 1.807) is 12.4 Å². The second kappa shape index (κ2) is 8.41. The monoisotopic (exact) mass is 400 g/mol. The Morgan fingerprint density at radius 3 is 2.48 bits per heavy atom. The summed E-state index contributed by atoms with van der Waals surface area (Å²) in [4.78, 5) is 16.9. The first kappa shape index (κ1) is 19.1. The van der Waals surface area contributed by atoms with E-state index in [0.29, 0.717) is 10.9 Å². The van der Waals surface area contributed by atoms with Crippen LogP contribution >= 0.6 is 11.8 Å². The fourth-order valence-corrected chi connectivity index (χ4v) is 3.94. The number of benzene rings is 2. The summed E-state index contributed by atoms with van der Waals surface area (Å²) in [6, 6.07) is 19.7. The Balaban J connectivity index is 1.67. The predicted octanol–water partition coefficient (Wildman–Crippen LogP) is 4.92. The van der Waals surface area contributed by atoms with Gasteiger partial charge in [0.25, 0.3) is 0 Å². The number of pyridine rings is 1. The molecule has 2 aromatic carbocycles. The minimum atomic E-state index is 0.0873. The maximum atomic E-state index is 12.8. The van der Waals surface area contributed by atoms with E-state index in [1.807, 2.05) is 79.1 Å². The molecule has 0 unspecified atom stereocenters. The molecular weight excluding hydrogens is 380 g/mol. The molecule has 4 rings (SSSR count). The summed E-state index contributed by atoms with van der Waals surface area (Å²) in [6.45, 7) is 3.96. The molecule has 0 bridgehead atoms. The summed E-state index contributed by atoms with van der Waals surface area (Å²) < 4.78 is 1.98. The van der Waals surface area contributed by atoms with Crippen molar-refractivity contribution >= 4 is 17.5 Å². The van der Waals surface area contributed by atoms with Gasteiger partial charge in [-0.3, -0.25) is 14.3 Å². The van der Waals surface area contributed by atoms with Gasteiger partial charge in [0.15, 0.2) is 16.8 Å². The molecule has 5 nitrogen and oxygen atoms in total. The fraction of sp³-hybridized carbons (Fsp3) is 0.130. The molecule has 0 fully saturated rings. The van der Waals surface area contributed by atoms with E-state index in [4.69, 9.17) is 0 Å². The van der Waals surface area contributed by atoms with Crippen LogP contribution in [0.1, 0.15) is 21.5 Å². The summed E-state index contributed by atoms with van der Waals surface area (Å²) in [7, 11) is 0. The van der Waals surface area contributed by atoms with Crippen molar-refractivity contribution in [3.05, 3.63) is 89.7 Å². The van der Waals surface area contributed by atoms with E-state index < -0.39 is 0 Å². The van der Waals surface area contributed by atoms with Crippen LogP contribution in [-0.4, -0.2) is 31.3 Å². The molecule has 6 heteroatoms.